The Kier molecular flexibility index (Phi) is 4.98. The quantitative estimate of drug-likeness (QED) is 0.820. The molecule has 0 saturated heterocycles. The van der Waals surface area contributed by atoms with Crippen molar-refractivity contribution in [2.24, 2.45) is 0 Å². The van der Waals surface area contributed by atoms with Gasteiger partial charge in [0.1, 0.15) is 17.2 Å². The third-order valence-electron chi connectivity index (χ3n) is 3.30. The van der Waals surface area contributed by atoms with Crippen LogP contribution < -0.4 is 4.74 Å². The van der Waals surface area contributed by atoms with Gasteiger partial charge >= 0.3 is 0 Å². The first-order chi connectivity index (χ1) is 10.1. The lowest BCUT2D eigenvalue weighted by Gasteiger charge is -2.16. The molecule has 5 nitrogen and oxygen atoms in total. The van der Waals surface area contributed by atoms with Crippen LogP contribution in [0, 0.1) is 6.92 Å². The average molecular weight is 288 g/mol. The van der Waals surface area contributed by atoms with Crippen LogP contribution in [0.1, 0.15) is 23.4 Å². The van der Waals surface area contributed by atoms with Gasteiger partial charge in [0.15, 0.2) is 0 Å². The van der Waals surface area contributed by atoms with E-state index in [-0.39, 0.29) is 5.91 Å². The number of carbonyl (C=O) groups excluding carboxylic acids is 1. The zero-order valence-corrected chi connectivity index (χ0v) is 12.6. The van der Waals surface area contributed by atoms with Gasteiger partial charge in [-0.25, -0.2) is 0 Å². The summed E-state index contributed by atoms with van der Waals surface area (Å²) in [5, 5.41) is 3.89. The lowest BCUT2D eigenvalue weighted by Crippen LogP contribution is -2.26. The van der Waals surface area contributed by atoms with E-state index in [4.69, 9.17) is 9.26 Å². The Morgan fingerprint density at radius 1 is 1.38 bits per heavy atom. The van der Waals surface area contributed by atoms with E-state index in [2.05, 4.69) is 5.16 Å². The standard InChI is InChI=1S/C16H20N2O3/c1-12-10-14(17-21-12)11-18(2)16(19)9-8-13-6-4-5-7-15(13)20-3/h4-7,10H,8-9,11H2,1-3H3. The largest absolute Gasteiger partial charge is 0.496 e. The van der Waals surface area contributed by atoms with Crippen molar-refractivity contribution in [1.29, 1.82) is 0 Å². The second kappa shape index (κ2) is 6.92. The predicted molar refractivity (Wildman–Crippen MR) is 79.0 cm³/mol. The molecule has 0 aliphatic rings. The highest BCUT2D eigenvalue weighted by atomic mass is 16.5. The van der Waals surface area contributed by atoms with E-state index in [1.807, 2.05) is 37.3 Å². The summed E-state index contributed by atoms with van der Waals surface area (Å²) in [6.07, 6.45) is 1.10. The third-order valence-corrected chi connectivity index (χ3v) is 3.30. The number of nitrogens with zero attached hydrogens (tertiary/aromatic N) is 2. The highest BCUT2D eigenvalue weighted by Gasteiger charge is 2.12. The zero-order chi connectivity index (χ0) is 15.2. The van der Waals surface area contributed by atoms with Crippen LogP contribution in [0.4, 0.5) is 0 Å². The minimum Gasteiger partial charge on any atom is -0.496 e. The molecule has 112 valence electrons. The first-order valence-electron chi connectivity index (χ1n) is 6.88. The van der Waals surface area contributed by atoms with Crippen LogP contribution in [-0.2, 0) is 17.8 Å². The van der Waals surface area contributed by atoms with Gasteiger partial charge in [0.2, 0.25) is 5.91 Å². The molecule has 0 aliphatic heterocycles. The highest BCUT2D eigenvalue weighted by molar-refractivity contribution is 5.76. The van der Waals surface area contributed by atoms with Gasteiger partial charge < -0.3 is 14.2 Å². The number of methoxy groups -OCH3 is 1. The van der Waals surface area contributed by atoms with Gasteiger partial charge in [-0.3, -0.25) is 4.79 Å². The second-order valence-corrected chi connectivity index (χ2v) is 4.99. The van der Waals surface area contributed by atoms with Gasteiger partial charge in [0, 0.05) is 19.5 Å². The molecule has 2 aromatic rings. The van der Waals surface area contributed by atoms with E-state index in [9.17, 15) is 4.79 Å². The summed E-state index contributed by atoms with van der Waals surface area (Å²) in [5.41, 5.74) is 1.81. The van der Waals surface area contributed by atoms with Gasteiger partial charge in [-0.1, -0.05) is 23.4 Å². The van der Waals surface area contributed by atoms with E-state index >= 15 is 0 Å². The number of ether oxygens (including phenoxy) is 1. The molecule has 21 heavy (non-hydrogen) atoms. The Morgan fingerprint density at radius 3 is 2.81 bits per heavy atom. The number of aryl methyl sites for hydroxylation is 2. The minimum atomic E-state index is 0.0709. The Labute approximate surface area is 124 Å². The molecule has 1 heterocycles. The summed E-state index contributed by atoms with van der Waals surface area (Å²) in [5.74, 6) is 1.64. The first-order valence-corrected chi connectivity index (χ1v) is 6.88. The molecule has 0 bridgehead atoms. The lowest BCUT2D eigenvalue weighted by atomic mass is 10.1. The summed E-state index contributed by atoms with van der Waals surface area (Å²) in [6.45, 7) is 2.29. The number of hydrogen-bond acceptors (Lipinski definition) is 4. The van der Waals surface area contributed by atoms with Crippen LogP contribution in [0.2, 0.25) is 0 Å². The summed E-state index contributed by atoms with van der Waals surface area (Å²) >= 11 is 0. The maximum atomic E-state index is 12.2. The fourth-order valence-electron chi connectivity index (χ4n) is 2.17. The van der Waals surface area contributed by atoms with Crippen molar-refractivity contribution in [3.63, 3.8) is 0 Å². The Bertz CT molecular complexity index is 607. The maximum Gasteiger partial charge on any atom is 0.222 e. The highest BCUT2D eigenvalue weighted by Crippen LogP contribution is 2.19. The molecular weight excluding hydrogens is 268 g/mol. The van der Waals surface area contributed by atoms with Gasteiger partial charge in [-0.2, -0.15) is 0 Å². The van der Waals surface area contributed by atoms with Gasteiger partial charge in [-0.05, 0) is 25.0 Å². The normalized spacial score (nSPS) is 10.4. The van der Waals surface area contributed by atoms with E-state index in [1.165, 1.54) is 0 Å². The van der Waals surface area contributed by atoms with Crippen molar-refractivity contribution in [3.05, 3.63) is 47.3 Å². The maximum absolute atomic E-state index is 12.2. The molecule has 1 aromatic carbocycles. The topological polar surface area (TPSA) is 55.6 Å². The summed E-state index contributed by atoms with van der Waals surface area (Å²) in [6, 6.07) is 9.59. The number of benzene rings is 1. The number of hydrogen-bond donors (Lipinski definition) is 0. The smallest absolute Gasteiger partial charge is 0.222 e. The van der Waals surface area contributed by atoms with E-state index in [0.29, 0.717) is 19.4 Å². The predicted octanol–water partition coefficient (Wildman–Crippen LogP) is 2.58. The minimum absolute atomic E-state index is 0.0709. The molecule has 0 saturated carbocycles. The molecule has 0 aliphatic carbocycles. The van der Waals surface area contributed by atoms with Crippen molar-refractivity contribution in [2.45, 2.75) is 26.3 Å². The van der Waals surface area contributed by atoms with Crippen molar-refractivity contribution in [2.75, 3.05) is 14.2 Å². The van der Waals surface area contributed by atoms with Crippen LogP contribution in [-0.4, -0.2) is 30.1 Å². The van der Waals surface area contributed by atoms with Crippen LogP contribution in [0.5, 0.6) is 5.75 Å². The fraction of sp³-hybridized carbons (Fsp3) is 0.375. The molecular formula is C16H20N2O3. The van der Waals surface area contributed by atoms with Crippen LogP contribution in [0.15, 0.2) is 34.9 Å². The third kappa shape index (κ3) is 4.08. The van der Waals surface area contributed by atoms with Gasteiger partial charge in [-0.15, -0.1) is 0 Å². The van der Waals surface area contributed by atoms with E-state index < -0.39 is 0 Å². The van der Waals surface area contributed by atoms with Crippen LogP contribution >= 0.6 is 0 Å². The molecule has 1 amide bonds. The molecule has 0 fully saturated rings. The summed E-state index contributed by atoms with van der Waals surface area (Å²) in [7, 11) is 3.41. The second-order valence-electron chi connectivity index (χ2n) is 4.99. The van der Waals surface area contributed by atoms with Gasteiger partial charge in [0.05, 0.1) is 13.7 Å². The zero-order valence-electron chi connectivity index (χ0n) is 12.6. The molecule has 0 atom stereocenters. The molecule has 0 N–H and O–H groups in total. The van der Waals surface area contributed by atoms with E-state index in [0.717, 1.165) is 22.8 Å². The summed E-state index contributed by atoms with van der Waals surface area (Å²) in [4.78, 5) is 13.8. The molecule has 5 heteroatoms. The average Bonchev–Trinajstić information content (AvgIpc) is 2.90. The molecule has 0 unspecified atom stereocenters. The SMILES string of the molecule is COc1ccccc1CCC(=O)N(C)Cc1cc(C)on1. The van der Waals surface area contributed by atoms with Crippen molar-refractivity contribution >= 4 is 5.91 Å². The lowest BCUT2D eigenvalue weighted by molar-refractivity contribution is -0.130. The van der Waals surface area contributed by atoms with Crippen LogP contribution in [0.3, 0.4) is 0 Å². The molecule has 0 radical (unpaired) electrons. The number of aromatic nitrogens is 1. The fourth-order valence-corrected chi connectivity index (χ4v) is 2.17. The summed E-state index contributed by atoms with van der Waals surface area (Å²) < 4.78 is 10.3. The van der Waals surface area contributed by atoms with Crippen molar-refractivity contribution in [1.82, 2.24) is 10.1 Å². The Hall–Kier alpha value is -2.30. The van der Waals surface area contributed by atoms with Crippen LogP contribution in [0.25, 0.3) is 0 Å². The molecule has 2 rings (SSSR count). The Morgan fingerprint density at radius 2 is 2.14 bits per heavy atom. The monoisotopic (exact) mass is 288 g/mol. The Balaban J connectivity index is 1.89. The molecule has 1 aromatic heterocycles. The van der Waals surface area contributed by atoms with E-state index in [1.54, 1.807) is 19.1 Å². The van der Waals surface area contributed by atoms with Crippen molar-refractivity contribution in [3.8, 4) is 5.75 Å². The first kappa shape index (κ1) is 15.1. The van der Waals surface area contributed by atoms with Gasteiger partial charge in [0.25, 0.3) is 0 Å². The molecule has 0 spiro atoms. The number of carbonyl (C=O) groups is 1. The number of amides is 1. The number of rotatable bonds is 6. The number of para-hydroxylation sites is 1. The van der Waals surface area contributed by atoms with Crippen molar-refractivity contribution < 1.29 is 14.1 Å².